The Kier molecular flexibility index (Phi) is 4.92. The standard InChI is InChI=1S/C21H23NO/c1-3-16(4-2)17-10-13-20(14-11-17)23-15-19-12-9-18-7-5-6-8-21(18)22-19/h5-14,16H,3-4,15H2,1-2H3. The molecule has 0 saturated carbocycles. The number of ether oxygens (including phenoxy) is 1. The third kappa shape index (κ3) is 3.70. The Labute approximate surface area is 138 Å². The Balaban J connectivity index is 1.67. The summed E-state index contributed by atoms with van der Waals surface area (Å²) in [5.74, 6) is 1.54. The van der Waals surface area contributed by atoms with Crippen LogP contribution in [0.2, 0.25) is 0 Å². The Morgan fingerprint density at radius 1 is 0.870 bits per heavy atom. The number of benzene rings is 2. The first-order valence-corrected chi connectivity index (χ1v) is 8.37. The lowest BCUT2D eigenvalue weighted by atomic mass is 9.94. The van der Waals surface area contributed by atoms with Gasteiger partial charge in [-0.25, -0.2) is 4.98 Å². The first-order chi connectivity index (χ1) is 11.3. The molecule has 118 valence electrons. The molecule has 0 unspecified atom stereocenters. The van der Waals surface area contributed by atoms with E-state index in [9.17, 15) is 0 Å². The Morgan fingerprint density at radius 3 is 2.35 bits per heavy atom. The van der Waals surface area contributed by atoms with Crippen molar-refractivity contribution in [2.24, 2.45) is 0 Å². The van der Waals surface area contributed by atoms with E-state index in [1.165, 1.54) is 18.4 Å². The average molecular weight is 305 g/mol. The van der Waals surface area contributed by atoms with Gasteiger partial charge in [0.2, 0.25) is 0 Å². The molecule has 1 aromatic heterocycles. The van der Waals surface area contributed by atoms with E-state index in [0.717, 1.165) is 22.3 Å². The molecule has 0 amide bonds. The molecule has 0 bridgehead atoms. The van der Waals surface area contributed by atoms with Gasteiger partial charge in [0.1, 0.15) is 12.4 Å². The minimum Gasteiger partial charge on any atom is -0.487 e. The molecule has 3 aromatic rings. The molecule has 0 aliphatic heterocycles. The molecule has 0 saturated heterocycles. The van der Waals surface area contributed by atoms with Crippen LogP contribution in [0.3, 0.4) is 0 Å². The van der Waals surface area contributed by atoms with Gasteiger partial charge in [-0.3, -0.25) is 0 Å². The number of hydrogen-bond donors (Lipinski definition) is 0. The summed E-state index contributed by atoms with van der Waals surface area (Å²) in [7, 11) is 0. The molecule has 1 heterocycles. The lowest BCUT2D eigenvalue weighted by Crippen LogP contribution is -1.99. The van der Waals surface area contributed by atoms with Crippen molar-refractivity contribution in [3.8, 4) is 5.75 Å². The largest absolute Gasteiger partial charge is 0.487 e. The maximum atomic E-state index is 5.88. The zero-order valence-corrected chi connectivity index (χ0v) is 13.8. The van der Waals surface area contributed by atoms with E-state index in [1.54, 1.807) is 0 Å². The minimum atomic E-state index is 0.495. The smallest absolute Gasteiger partial charge is 0.130 e. The van der Waals surface area contributed by atoms with Gasteiger partial charge in [-0.2, -0.15) is 0 Å². The fourth-order valence-corrected chi connectivity index (χ4v) is 2.94. The summed E-state index contributed by atoms with van der Waals surface area (Å²) < 4.78 is 5.88. The van der Waals surface area contributed by atoms with E-state index in [0.29, 0.717) is 12.5 Å². The highest BCUT2D eigenvalue weighted by Crippen LogP contribution is 2.25. The summed E-state index contributed by atoms with van der Waals surface area (Å²) in [6.45, 7) is 4.98. The Bertz CT molecular complexity index is 760. The van der Waals surface area contributed by atoms with E-state index < -0.39 is 0 Å². The topological polar surface area (TPSA) is 22.1 Å². The van der Waals surface area contributed by atoms with Crippen molar-refractivity contribution in [2.45, 2.75) is 39.2 Å². The molecule has 2 nitrogen and oxygen atoms in total. The number of aromatic nitrogens is 1. The molecule has 23 heavy (non-hydrogen) atoms. The summed E-state index contributed by atoms with van der Waals surface area (Å²) in [6, 6.07) is 20.8. The van der Waals surface area contributed by atoms with Gasteiger partial charge in [-0.1, -0.05) is 50.2 Å². The first-order valence-electron chi connectivity index (χ1n) is 8.37. The lowest BCUT2D eigenvalue weighted by molar-refractivity contribution is 0.301. The quantitative estimate of drug-likeness (QED) is 0.581. The summed E-state index contributed by atoms with van der Waals surface area (Å²) in [5.41, 5.74) is 3.36. The van der Waals surface area contributed by atoms with Crippen molar-refractivity contribution >= 4 is 10.9 Å². The van der Waals surface area contributed by atoms with Crippen molar-refractivity contribution in [2.75, 3.05) is 0 Å². The Hall–Kier alpha value is -2.35. The van der Waals surface area contributed by atoms with Gasteiger partial charge in [0.25, 0.3) is 0 Å². The van der Waals surface area contributed by atoms with Crippen molar-refractivity contribution in [1.82, 2.24) is 4.98 Å². The summed E-state index contributed by atoms with van der Waals surface area (Å²) in [6.07, 6.45) is 2.36. The van der Waals surface area contributed by atoms with Crippen LogP contribution in [0.15, 0.2) is 60.7 Å². The van der Waals surface area contributed by atoms with Gasteiger partial charge in [0, 0.05) is 5.39 Å². The van der Waals surface area contributed by atoms with Crippen LogP contribution in [-0.2, 0) is 6.61 Å². The van der Waals surface area contributed by atoms with Crippen LogP contribution in [0.4, 0.5) is 0 Å². The summed E-state index contributed by atoms with van der Waals surface area (Å²) >= 11 is 0. The normalized spacial score (nSPS) is 11.1. The Morgan fingerprint density at radius 2 is 1.61 bits per heavy atom. The molecule has 0 aliphatic rings. The molecule has 2 aromatic carbocycles. The van der Waals surface area contributed by atoms with Gasteiger partial charge in [0.15, 0.2) is 0 Å². The summed E-state index contributed by atoms with van der Waals surface area (Å²) in [5, 5.41) is 1.16. The van der Waals surface area contributed by atoms with Crippen molar-refractivity contribution in [3.63, 3.8) is 0 Å². The molecular weight excluding hydrogens is 282 g/mol. The molecule has 0 radical (unpaired) electrons. The molecule has 0 fully saturated rings. The third-order valence-electron chi connectivity index (χ3n) is 4.38. The monoisotopic (exact) mass is 305 g/mol. The molecule has 0 N–H and O–H groups in total. The maximum Gasteiger partial charge on any atom is 0.130 e. The first kappa shape index (κ1) is 15.5. The number of hydrogen-bond acceptors (Lipinski definition) is 2. The minimum absolute atomic E-state index is 0.495. The SMILES string of the molecule is CCC(CC)c1ccc(OCc2ccc3ccccc3n2)cc1. The second-order valence-corrected chi connectivity index (χ2v) is 5.87. The number of pyridine rings is 1. The van der Waals surface area contributed by atoms with Gasteiger partial charge in [-0.05, 0) is 48.6 Å². The van der Waals surface area contributed by atoms with E-state index in [1.807, 2.05) is 24.3 Å². The van der Waals surface area contributed by atoms with Gasteiger partial charge >= 0.3 is 0 Å². The number of rotatable bonds is 6. The van der Waals surface area contributed by atoms with Crippen LogP contribution in [0.5, 0.6) is 5.75 Å². The predicted molar refractivity (Wildman–Crippen MR) is 95.8 cm³/mol. The molecular formula is C21H23NO. The number of para-hydroxylation sites is 1. The van der Waals surface area contributed by atoms with E-state index >= 15 is 0 Å². The highest BCUT2D eigenvalue weighted by atomic mass is 16.5. The van der Waals surface area contributed by atoms with Crippen molar-refractivity contribution in [1.29, 1.82) is 0 Å². The van der Waals surface area contributed by atoms with Crippen LogP contribution in [0.1, 0.15) is 43.9 Å². The van der Waals surface area contributed by atoms with E-state index in [2.05, 4.69) is 55.2 Å². The van der Waals surface area contributed by atoms with Gasteiger partial charge in [-0.15, -0.1) is 0 Å². The van der Waals surface area contributed by atoms with E-state index in [4.69, 9.17) is 4.74 Å². The third-order valence-corrected chi connectivity index (χ3v) is 4.38. The van der Waals surface area contributed by atoms with E-state index in [-0.39, 0.29) is 0 Å². The van der Waals surface area contributed by atoms with Gasteiger partial charge < -0.3 is 4.74 Å². The highest BCUT2D eigenvalue weighted by molar-refractivity contribution is 5.78. The van der Waals surface area contributed by atoms with Crippen molar-refractivity contribution in [3.05, 3.63) is 71.9 Å². The maximum absolute atomic E-state index is 5.88. The van der Waals surface area contributed by atoms with Crippen molar-refractivity contribution < 1.29 is 4.74 Å². The predicted octanol–water partition coefficient (Wildman–Crippen LogP) is 5.72. The van der Waals surface area contributed by atoms with Crippen LogP contribution >= 0.6 is 0 Å². The lowest BCUT2D eigenvalue weighted by Gasteiger charge is -2.13. The highest BCUT2D eigenvalue weighted by Gasteiger charge is 2.06. The molecule has 2 heteroatoms. The molecule has 0 spiro atoms. The molecule has 3 rings (SSSR count). The number of fused-ring (bicyclic) bond motifs is 1. The van der Waals surface area contributed by atoms with Crippen LogP contribution in [-0.4, -0.2) is 4.98 Å². The molecule has 0 atom stereocenters. The second kappa shape index (κ2) is 7.28. The fraction of sp³-hybridized carbons (Fsp3) is 0.286. The average Bonchev–Trinajstić information content (AvgIpc) is 2.62. The fourth-order valence-electron chi connectivity index (χ4n) is 2.94. The van der Waals surface area contributed by atoms with Crippen LogP contribution in [0.25, 0.3) is 10.9 Å². The summed E-state index contributed by atoms with van der Waals surface area (Å²) in [4.78, 5) is 4.64. The van der Waals surface area contributed by atoms with Gasteiger partial charge in [0.05, 0.1) is 11.2 Å². The number of nitrogens with zero attached hydrogens (tertiary/aromatic N) is 1. The zero-order chi connectivity index (χ0) is 16.1. The van der Waals surface area contributed by atoms with Crippen LogP contribution in [0, 0.1) is 0 Å². The van der Waals surface area contributed by atoms with Crippen LogP contribution < -0.4 is 4.74 Å². The zero-order valence-electron chi connectivity index (χ0n) is 13.8. The second-order valence-electron chi connectivity index (χ2n) is 5.87. The molecule has 0 aliphatic carbocycles.